The number of imide groups is 1. The van der Waals surface area contributed by atoms with Gasteiger partial charge < -0.3 is 20.7 Å². The minimum Gasteiger partial charge on any atom is -0.457 e. The largest absolute Gasteiger partial charge is 0.457 e. The molecule has 1 aliphatic heterocycles. The standard InChI is InChI=1S/C32H34N4O6/c1-19(2)28(29(38)27-20(3)30(39)36-31(27)40)35-26(37)18-25(21-10-6-4-7-11-21)34-32(41)33-22-14-16-24(17-15-22)42-23-12-8-5-9-13-23/h4-17,19-20,25,27-28H,18H2,1-3H3,(H,35,37)(H2,33,34,41)(H,36,39,40)/t20-,25?,27?,28-/m0/s1. The predicted octanol–water partition coefficient (Wildman–Crippen LogP) is 4.35. The minimum absolute atomic E-state index is 0.164. The Morgan fingerprint density at radius 3 is 1.98 bits per heavy atom. The third-order valence-electron chi connectivity index (χ3n) is 7.03. The van der Waals surface area contributed by atoms with E-state index in [0.29, 0.717) is 22.7 Å². The molecule has 5 amide bonds. The van der Waals surface area contributed by atoms with Gasteiger partial charge in [0.05, 0.1) is 24.4 Å². The fourth-order valence-corrected chi connectivity index (χ4v) is 4.74. The first-order valence-electron chi connectivity index (χ1n) is 13.8. The molecule has 4 rings (SSSR count). The van der Waals surface area contributed by atoms with Gasteiger partial charge in [-0.1, -0.05) is 69.3 Å². The van der Waals surface area contributed by atoms with E-state index in [9.17, 15) is 24.0 Å². The fraction of sp³-hybridized carbons (Fsp3) is 0.281. The first kappa shape index (κ1) is 30.0. The molecule has 2 unspecified atom stereocenters. The van der Waals surface area contributed by atoms with Crippen LogP contribution >= 0.6 is 0 Å². The fourth-order valence-electron chi connectivity index (χ4n) is 4.74. The number of hydrogen-bond donors (Lipinski definition) is 4. The Bertz CT molecular complexity index is 1430. The van der Waals surface area contributed by atoms with Gasteiger partial charge in [-0.2, -0.15) is 0 Å². The summed E-state index contributed by atoms with van der Waals surface area (Å²) >= 11 is 0. The van der Waals surface area contributed by atoms with E-state index in [2.05, 4.69) is 21.3 Å². The van der Waals surface area contributed by atoms with Crippen LogP contribution in [0.5, 0.6) is 11.5 Å². The van der Waals surface area contributed by atoms with E-state index in [0.717, 1.165) is 0 Å². The quantitative estimate of drug-likeness (QED) is 0.199. The lowest BCUT2D eigenvalue weighted by Gasteiger charge is -2.26. The Kier molecular flexibility index (Phi) is 9.69. The molecule has 10 heteroatoms. The van der Waals surface area contributed by atoms with Gasteiger partial charge in [0, 0.05) is 5.69 Å². The van der Waals surface area contributed by atoms with Crippen molar-refractivity contribution < 1.29 is 28.7 Å². The van der Waals surface area contributed by atoms with Crippen LogP contribution in [0, 0.1) is 17.8 Å². The number of para-hydroxylation sites is 1. The lowest BCUT2D eigenvalue weighted by molar-refractivity contribution is -0.137. The highest BCUT2D eigenvalue weighted by Gasteiger charge is 2.46. The Hall–Kier alpha value is -4.99. The molecule has 10 nitrogen and oxygen atoms in total. The number of Topliss-reactive ketones (excluding diaryl/α,β-unsaturated/α-hetero) is 1. The monoisotopic (exact) mass is 570 g/mol. The van der Waals surface area contributed by atoms with Gasteiger partial charge in [-0.25, -0.2) is 4.79 Å². The van der Waals surface area contributed by atoms with Gasteiger partial charge in [-0.3, -0.25) is 24.5 Å². The highest BCUT2D eigenvalue weighted by molar-refractivity contribution is 6.16. The van der Waals surface area contributed by atoms with Gasteiger partial charge in [-0.05, 0) is 47.9 Å². The zero-order chi connectivity index (χ0) is 30.2. The maximum absolute atomic E-state index is 13.2. The molecule has 0 aliphatic carbocycles. The third-order valence-corrected chi connectivity index (χ3v) is 7.03. The lowest BCUT2D eigenvalue weighted by Crippen LogP contribution is -2.49. The van der Waals surface area contributed by atoms with Crippen molar-refractivity contribution in [1.82, 2.24) is 16.0 Å². The molecule has 3 aromatic carbocycles. The van der Waals surface area contributed by atoms with Crippen molar-refractivity contribution in [2.45, 2.75) is 39.3 Å². The SMILES string of the molecule is CC(C)[C@H](NC(=O)CC(NC(=O)Nc1ccc(Oc2ccccc2)cc1)c1ccccc1)C(=O)C1C(=O)NC(=O)[C@H]1C. The molecule has 0 radical (unpaired) electrons. The Labute approximate surface area is 244 Å². The molecule has 218 valence electrons. The van der Waals surface area contributed by atoms with Crippen LogP contribution in [0.25, 0.3) is 0 Å². The normalized spacial score (nSPS) is 17.6. The molecule has 0 saturated carbocycles. The van der Waals surface area contributed by atoms with Crippen molar-refractivity contribution in [3.05, 3.63) is 90.5 Å². The summed E-state index contributed by atoms with van der Waals surface area (Å²) in [5.74, 6) is -3.19. The number of anilines is 1. The van der Waals surface area contributed by atoms with Gasteiger partial charge in [0.25, 0.3) is 0 Å². The second-order valence-corrected chi connectivity index (χ2v) is 10.5. The van der Waals surface area contributed by atoms with Crippen LogP contribution in [0.2, 0.25) is 0 Å². The number of ketones is 1. The van der Waals surface area contributed by atoms with Crippen LogP contribution in [0.3, 0.4) is 0 Å². The average molecular weight is 571 g/mol. The molecule has 4 N–H and O–H groups in total. The first-order valence-corrected chi connectivity index (χ1v) is 13.8. The Balaban J connectivity index is 1.41. The van der Waals surface area contributed by atoms with Gasteiger partial charge in [0.1, 0.15) is 17.4 Å². The van der Waals surface area contributed by atoms with E-state index < -0.39 is 53.5 Å². The Morgan fingerprint density at radius 2 is 1.40 bits per heavy atom. The maximum atomic E-state index is 13.2. The maximum Gasteiger partial charge on any atom is 0.319 e. The van der Waals surface area contributed by atoms with E-state index in [1.165, 1.54) is 6.92 Å². The number of benzene rings is 3. The highest BCUT2D eigenvalue weighted by Crippen LogP contribution is 2.25. The van der Waals surface area contributed by atoms with Crippen LogP contribution < -0.4 is 26.0 Å². The number of rotatable bonds is 11. The molecule has 0 aromatic heterocycles. The molecule has 1 heterocycles. The summed E-state index contributed by atoms with van der Waals surface area (Å²) in [6.07, 6.45) is -0.164. The van der Waals surface area contributed by atoms with Gasteiger partial charge in [0.2, 0.25) is 17.7 Å². The summed E-state index contributed by atoms with van der Waals surface area (Å²) in [6.45, 7) is 5.01. The summed E-state index contributed by atoms with van der Waals surface area (Å²) in [7, 11) is 0. The molecule has 4 atom stereocenters. The second kappa shape index (κ2) is 13.6. The van der Waals surface area contributed by atoms with E-state index in [1.54, 1.807) is 62.4 Å². The first-order chi connectivity index (χ1) is 20.1. The smallest absolute Gasteiger partial charge is 0.319 e. The molecule has 42 heavy (non-hydrogen) atoms. The number of hydrogen-bond acceptors (Lipinski definition) is 6. The Morgan fingerprint density at radius 1 is 0.810 bits per heavy atom. The van der Waals surface area contributed by atoms with Crippen molar-refractivity contribution in [2.75, 3.05) is 5.32 Å². The van der Waals surface area contributed by atoms with Crippen LogP contribution in [-0.4, -0.2) is 35.6 Å². The number of ether oxygens (including phenoxy) is 1. The van der Waals surface area contributed by atoms with Crippen molar-refractivity contribution >= 4 is 35.2 Å². The lowest BCUT2D eigenvalue weighted by atomic mass is 9.85. The number of nitrogens with one attached hydrogen (secondary N) is 4. The molecule has 3 aromatic rings. The molecule has 0 spiro atoms. The van der Waals surface area contributed by atoms with Crippen LogP contribution in [0.15, 0.2) is 84.9 Å². The molecular weight excluding hydrogens is 536 g/mol. The molecule has 1 aliphatic rings. The number of urea groups is 1. The number of amides is 5. The summed E-state index contributed by atoms with van der Waals surface area (Å²) < 4.78 is 5.78. The summed E-state index contributed by atoms with van der Waals surface area (Å²) in [5.41, 5.74) is 1.21. The van der Waals surface area contributed by atoms with Gasteiger partial charge >= 0.3 is 6.03 Å². The summed E-state index contributed by atoms with van der Waals surface area (Å²) in [6, 6.07) is 22.9. The summed E-state index contributed by atoms with van der Waals surface area (Å²) in [4.78, 5) is 63.6. The number of carbonyl (C=O) groups is 5. The van der Waals surface area contributed by atoms with Crippen molar-refractivity contribution in [3.8, 4) is 11.5 Å². The minimum atomic E-state index is -1.16. The zero-order valence-electron chi connectivity index (χ0n) is 23.6. The van der Waals surface area contributed by atoms with Crippen LogP contribution in [-0.2, 0) is 19.2 Å². The average Bonchev–Trinajstić information content (AvgIpc) is 3.23. The highest BCUT2D eigenvalue weighted by atomic mass is 16.5. The third kappa shape index (κ3) is 7.60. The van der Waals surface area contributed by atoms with Crippen molar-refractivity contribution in [3.63, 3.8) is 0 Å². The van der Waals surface area contributed by atoms with E-state index in [1.807, 2.05) is 36.4 Å². The van der Waals surface area contributed by atoms with Gasteiger partial charge in [0.15, 0.2) is 5.78 Å². The molecule has 1 saturated heterocycles. The van der Waals surface area contributed by atoms with E-state index in [-0.39, 0.29) is 12.3 Å². The predicted molar refractivity (Wildman–Crippen MR) is 156 cm³/mol. The molecular formula is C32H34N4O6. The topological polar surface area (TPSA) is 143 Å². The van der Waals surface area contributed by atoms with E-state index >= 15 is 0 Å². The van der Waals surface area contributed by atoms with Crippen molar-refractivity contribution in [2.24, 2.45) is 17.8 Å². The molecule has 0 bridgehead atoms. The van der Waals surface area contributed by atoms with Crippen LogP contribution in [0.4, 0.5) is 10.5 Å². The van der Waals surface area contributed by atoms with E-state index in [4.69, 9.17) is 4.74 Å². The molecule has 1 fully saturated rings. The van der Waals surface area contributed by atoms with Crippen LogP contribution in [0.1, 0.15) is 38.8 Å². The van der Waals surface area contributed by atoms with Crippen molar-refractivity contribution in [1.29, 1.82) is 0 Å². The number of carbonyl (C=O) groups excluding carboxylic acids is 5. The second-order valence-electron chi connectivity index (χ2n) is 10.5. The zero-order valence-corrected chi connectivity index (χ0v) is 23.6. The summed E-state index contributed by atoms with van der Waals surface area (Å²) in [5, 5.41) is 10.5. The van der Waals surface area contributed by atoms with Gasteiger partial charge in [-0.15, -0.1) is 0 Å².